The van der Waals surface area contributed by atoms with Gasteiger partial charge >= 0.3 is 0 Å². The molecule has 0 aliphatic rings. The molecule has 1 N–H and O–H groups in total. The van der Waals surface area contributed by atoms with Crippen molar-refractivity contribution in [1.29, 1.82) is 0 Å². The standard InChI is InChI=1S/C13H18BrN/c1-2-15-11-5-3-4-6-12-7-9-13(14)10-8-12/h3-4,7-10,15H,2,5-6,11H2,1H3. The molecule has 1 rings (SSSR count). The Morgan fingerprint density at radius 1 is 1.20 bits per heavy atom. The molecular formula is C13H18BrN. The molecule has 0 fully saturated rings. The lowest BCUT2D eigenvalue weighted by molar-refractivity contribution is 0.726. The van der Waals surface area contributed by atoms with Crippen molar-refractivity contribution in [2.75, 3.05) is 13.1 Å². The molecule has 0 bridgehead atoms. The van der Waals surface area contributed by atoms with Gasteiger partial charge in [0, 0.05) is 4.47 Å². The molecule has 15 heavy (non-hydrogen) atoms. The normalized spacial score (nSPS) is 11.1. The average molecular weight is 268 g/mol. The van der Waals surface area contributed by atoms with Gasteiger partial charge in [0.1, 0.15) is 0 Å². The van der Waals surface area contributed by atoms with Crippen LogP contribution in [0.15, 0.2) is 40.9 Å². The van der Waals surface area contributed by atoms with Crippen LogP contribution in [0.1, 0.15) is 18.9 Å². The number of nitrogens with one attached hydrogen (secondary N) is 1. The molecule has 82 valence electrons. The Kier molecular flexibility index (Phi) is 6.37. The Bertz CT molecular complexity index is 290. The van der Waals surface area contributed by atoms with E-state index in [-0.39, 0.29) is 0 Å². The summed E-state index contributed by atoms with van der Waals surface area (Å²) in [4.78, 5) is 0. The lowest BCUT2D eigenvalue weighted by Gasteiger charge is -1.97. The average Bonchev–Trinajstić information content (AvgIpc) is 2.26. The summed E-state index contributed by atoms with van der Waals surface area (Å²) in [6, 6.07) is 8.47. The molecule has 0 amide bonds. The third-order valence-corrected chi connectivity index (χ3v) is 2.70. The molecule has 0 aromatic heterocycles. The van der Waals surface area contributed by atoms with Crippen LogP contribution in [0.4, 0.5) is 0 Å². The van der Waals surface area contributed by atoms with E-state index in [4.69, 9.17) is 0 Å². The van der Waals surface area contributed by atoms with Crippen molar-refractivity contribution in [1.82, 2.24) is 5.32 Å². The van der Waals surface area contributed by atoms with Gasteiger partial charge in [0.15, 0.2) is 0 Å². The molecule has 0 spiro atoms. The fraction of sp³-hybridized carbons (Fsp3) is 0.385. The smallest absolute Gasteiger partial charge is 0.0175 e. The molecule has 0 atom stereocenters. The van der Waals surface area contributed by atoms with Crippen LogP contribution in [-0.2, 0) is 6.42 Å². The van der Waals surface area contributed by atoms with Gasteiger partial charge in [0.05, 0.1) is 0 Å². The highest BCUT2D eigenvalue weighted by Gasteiger charge is 1.89. The maximum Gasteiger partial charge on any atom is 0.0175 e. The third-order valence-electron chi connectivity index (χ3n) is 2.17. The first-order valence-corrected chi connectivity index (χ1v) is 6.22. The van der Waals surface area contributed by atoms with E-state index in [0.717, 1.165) is 30.4 Å². The number of hydrogen-bond acceptors (Lipinski definition) is 1. The minimum atomic E-state index is 1.03. The zero-order chi connectivity index (χ0) is 10.9. The summed E-state index contributed by atoms with van der Waals surface area (Å²) in [5.41, 5.74) is 1.36. The van der Waals surface area contributed by atoms with Gasteiger partial charge in [-0.15, -0.1) is 0 Å². The van der Waals surface area contributed by atoms with Crippen molar-refractivity contribution in [2.24, 2.45) is 0 Å². The van der Waals surface area contributed by atoms with E-state index >= 15 is 0 Å². The summed E-state index contributed by atoms with van der Waals surface area (Å²) in [6.45, 7) is 4.26. The van der Waals surface area contributed by atoms with Crippen LogP contribution in [0.3, 0.4) is 0 Å². The predicted octanol–water partition coefficient (Wildman–Crippen LogP) is 3.55. The van der Waals surface area contributed by atoms with Crippen LogP contribution in [0.25, 0.3) is 0 Å². The molecule has 0 saturated carbocycles. The van der Waals surface area contributed by atoms with Crippen molar-refractivity contribution in [3.63, 3.8) is 0 Å². The number of rotatable bonds is 6. The SMILES string of the molecule is CCNCCC=CCc1ccc(Br)cc1. The number of benzene rings is 1. The van der Waals surface area contributed by atoms with E-state index in [1.165, 1.54) is 5.56 Å². The van der Waals surface area contributed by atoms with E-state index in [2.05, 4.69) is 64.6 Å². The van der Waals surface area contributed by atoms with Crippen LogP contribution in [-0.4, -0.2) is 13.1 Å². The highest BCUT2D eigenvalue weighted by atomic mass is 79.9. The topological polar surface area (TPSA) is 12.0 Å². The molecule has 0 radical (unpaired) electrons. The first kappa shape index (κ1) is 12.5. The predicted molar refractivity (Wildman–Crippen MR) is 70.1 cm³/mol. The summed E-state index contributed by atoms with van der Waals surface area (Å²) < 4.78 is 1.14. The van der Waals surface area contributed by atoms with Gasteiger partial charge in [-0.25, -0.2) is 0 Å². The molecule has 1 nitrogen and oxygen atoms in total. The van der Waals surface area contributed by atoms with Gasteiger partial charge < -0.3 is 5.32 Å². The highest BCUT2D eigenvalue weighted by Crippen LogP contribution is 2.11. The summed E-state index contributed by atoms with van der Waals surface area (Å²) in [6.07, 6.45) is 6.62. The van der Waals surface area contributed by atoms with Crippen LogP contribution in [0, 0.1) is 0 Å². The van der Waals surface area contributed by atoms with Crippen molar-refractivity contribution in [2.45, 2.75) is 19.8 Å². The quantitative estimate of drug-likeness (QED) is 0.614. The van der Waals surface area contributed by atoms with Crippen molar-refractivity contribution in [3.05, 3.63) is 46.5 Å². The van der Waals surface area contributed by atoms with E-state index in [1.807, 2.05) is 0 Å². The lowest BCUT2D eigenvalue weighted by atomic mass is 10.1. The second-order valence-corrected chi connectivity index (χ2v) is 4.36. The van der Waals surface area contributed by atoms with Crippen molar-refractivity contribution < 1.29 is 0 Å². The summed E-state index contributed by atoms with van der Waals surface area (Å²) >= 11 is 3.43. The molecule has 0 saturated heterocycles. The molecule has 0 unspecified atom stereocenters. The Hall–Kier alpha value is -0.600. The zero-order valence-corrected chi connectivity index (χ0v) is 10.8. The van der Waals surface area contributed by atoms with Crippen molar-refractivity contribution >= 4 is 15.9 Å². The van der Waals surface area contributed by atoms with Crippen LogP contribution in [0.5, 0.6) is 0 Å². The van der Waals surface area contributed by atoms with Gasteiger partial charge in [-0.1, -0.05) is 47.1 Å². The Morgan fingerprint density at radius 3 is 2.60 bits per heavy atom. The first-order chi connectivity index (χ1) is 7.33. The van der Waals surface area contributed by atoms with E-state index in [1.54, 1.807) is 0 Å². The second-order valence-electron chi connectivity index (χ2n) is 3.44. The Balaban J connectivity index is 2.22. The minimum Gasteiger partial charge on any atom is -0.317 e. The Labute approximate surface area is 101 Å². The van der Waals surface area contributed by atoms with Crippen LogP contribution in [0.2, 0.25) is 0 Å². The highest BCUT2D eigenvalue weighted by molar-refractivity contribution is 9.10. The lowest BCUT2D eigenvalue weighted by Crippen LogP contribution is -2.12. The summed E-state index contributed by atoms with van der Waals surface area (Å²) in [5.74, 6) is 0. The van der Waals surface area contributed by atoms with E-state index < -0.39 is 0 Å². The number of allylic oxidation sites excluding steroid dienone is 1. The number of halogens is 1. The number of hydrogen-bond donors (Lipinski definition) is 1. The minimum absolute atomic E-state index is 1.03. The maximum atomic E-state index is 3.43. The van der Waals surface area contributed by atoms with E-state index in [9.17, 15) is 0 Å². The Morgan fingerprint density at radius 2 is 1.93 bits per heavy atom. The molecule has 1 aromatic rings. The van der Waals surface area contributed by atoms with Gasteiger partial charge in [0.25, 0.3) is 0 Å². The fourth-order valence-corrected chi connectivity index (χ4v) is 1.58. The molecule has 0 aliphatic carbocycles. The molecule has 0 aliphatic heterocycles. The van der Waals surface area contributed by atoms with Crippen LogP contribution >= 0.6 is 15.9 Å². The first-order valence-electron chi connectivity index (χ1n) is 5.43. The van der Waals surface area contributed by atoms with Gasteiger partial charge in [-0.3, -0.25) is 0 Å². The molecular weight excluding hydrogens is 250 g/mol. The zero-order valence-electron chi connectivity index (χ0n) is 9.17. The fourth-order valence-electron chi connectivity index (χ4n) is 1.32. The maximum absolute atomic E-state index is 3.43. The molecule has 1 aromatic carbocycles. The third kappa shape index (κ3) is 5.75. The molecule has 0 heterocycles. The van der Waals surface area contributed by atoms with Crippen LogP contribution < -0.4 is 5.32 Å². The van der Waals surface area contributed by atoms with Gasteiger partial charge in [-0.05, 0) is 43.6 Å². The monoisotopic (exact) mass is 267 g/mol. The second kappa shape index (κ2) is 7.66. The molecule has 2 heteroatoms. The van der Waals surface area contributed by atoms with Gasteiger partial charge in [-0.2, -0.15) is 0 Å². The summed E-state index contributed by atoms with van der Waals surface area (Å²) in [7, 11) is 0. The van der Waals surface area contributed by atoms with Crippen molar-refractivity contribution in [3.8, 4) is 0 Å². The van der Waals surface area contributed by atoms with Gasteiger partial charge in [0.2, 0.25) is 0 Å². The largest absolute Gasteiger partial charge is 0.317 e. The summed E-state index contributed by atoms with van der Waals surface area (Å²) in [5, 5.41) is 3.30. The van der Waals surface area contributed by atoms with E-state index in [0.29, 0.717) is 0 Å².